The highest BCUT2D eigenvalue weighted by Gasteiger charge is 2.16. The van der Waals surface area contributed by atoms with E-state index in [4.69, 9.17) is 0 Å². The van der Waals surface area contributed by atoms with Crippen molar-refractivity contribution < 1.29 is 4.79 Å². The topological polar surface area (TPSA) is 54.9 Å². The van der Waals surface area contributed by atoms with E-state index in [0.29, 0.717) is 11.4 Å². The van der Waals surface area contributed by atoms with Gasteiger partial charge < -0.3 is 5.32 Å². The van der Waals surface area contributed by atoms with Crippen LogP contribution >= 0.6 is 11.8 Å². The SMILES string of the molecule is C=Cc1cc2c(nn1)SCC(=O)N2. The Kier molecular flexibility index (Phi) is 2.02. The molecule has 13 heavy (non-hydrogen) atoms. The molecule has 0 spiro atoms. The van der Waals surface area contributed by atoms with Crippen molar-refractivity contribution in [3.8, 4) is 0 Å². The summed E-state index contributed by atoms with van der Waals surface area (Å²) >= 11 is 1.40. The smallest absolute Gasteiger partial charge is 0.234 e. The molecule has 2 rings (SSSR count). The van der Waals surface area contributed by atoms with E-state index in [1.165, 1.54) is 11.8 Å². The molecule has 1 aliphatic rings. The number of nitrogens with one attached hydrogen (secondary N) is 1. The molecule has 1 aromatic rings. The molecule has 4 nitrogen and oxygen atoms in total. The summed E-state index contributed by atoms with van der Waals surface area (Å²) in [7, 11) is 0. The number of anilines is 1. The van der Waals surface area contributed by atoms with Crippen LogP contribution in [0.25, 0.3) is 6.08 Å². The van der Waals surface area contributed by atoms with Crippen LogP contribution in [0, 0.1) is 0 Å². The first kappa shape index (κ1) is 8.25. The van der Waals surface area contributed by atoms with Gasteiger partial charge in [-0.2, -0.15) is 0 Å². The van der Waals surface area contributed by atoms with Crippen LogP contribution in [0.1, 0.15) is 5.69 Å². The van der Waals surface area contributed by atoms with Gasteiger partial charge in [-0.25, -0.2) is 0 Å². The lowest BCUT2D eigenvalue weighted by atomic mass is 10.3. The zero-order valence-electron chi connectivity index (χ0n) is 6.78. The van der Waals surface area contributed by atoms with Crippen LogP contribution in [0.4, 0.5) is 5.69 Å². The van der Waals surface area contributed by atoms with Crippen LogP contribution in [0.15, 0.2) is 17.7 Å². The van der Waals surface area contributed by atoms with E-state index >= 15 is 0 Å². The molecule has 0 fully saturated rings. The van der Waals surface area contributed by atoms with Gasteiger partial charge in [-0.15, -0.1) is 10.2 Å². The first-order chi connectivity index (χ1) is 6.29. The summed E-state index contributed by atoms with van der Waals surface area (Å²) in [5.74, 6) is 0.412. The zero-order valence-corrected chi connectivity index (χ0v) is 7.60. The molecular weight excluding hydrogens is 186 g/mol. The van der Waals surface area contributed by atoms with Crippen LogP contribution < -0.4 is 5.32 Å². The normalized spacial score (nSPS) is 14.6. The molecule has 0 aromatic carbocycles. The van der Waals surface area contributed by atoms with Crippen molar-refractivity contribution in [1.29, 1.82) is 0 Å². The monoisotopic (exact) mass is 193 g/mol. The van der Waals surface area contributed by atoms with E-state index in [-0.39, 0.29) is 5.91 Å². The Hall–Kier alpha value is -1.36. The second kappa shape index (κ2) is 3.18. The highest BCUT2D eigenvalue weighted by Crippen LogP contribution is 2.28. The molecule has 0 atom stereocenters. The maximum Gasteiger partial charge on any atom is 0.234 e. The standard InChI is InChI=1S/C8H7N3OS/c1-2-5-3-6-8(11-10-5)13-4-7(12)9-6/h2-3H,1,4H2,(H,9,12). The molecule has 2 heterocycles. The Morgan fingerprint density at radius 2 is 2.46 bits per heavy atom. The lowest BCUT2D eigenvalue weighted by molar-refractivity contribution is -0.113. The van der Waals surface area contributed by atoms with Gasteiger partial charge >= 0.3 is 0 Å². The highest BCUT2D eigenvalue weighted by molar-refractivity contribution is 8.00. The Morgan fingerprint density at radius 1 is 1.62 bits per heavy atom. The second-order valence-corrected chi connectivity index (χ2v) is 3.49. The molecule has 0 bridgehead atoms. The minimum absolute atomic E-state index is 0.000474. The van der Waals surface area contributed by atoms with Gasteiger partial charge in [-0.3, -0.25) is 4.79 Å². The fourth-order valence-electron chi connectivity index (χ4n) is 1.01. The van der Waals surface area contributed by atoms with Crippen LogP contribution in [0.2, 0.25) is 0 Å². The van der Waals surface area contributed by atoms with Crippen molar-refractivity contribution in [2.45, 2.75) is 5.03 Å². The first-order valence-corrected chi connectivity index (χ1v) is 4.71. The van der Waals surface area contributed by atoms with E-state index in [1.807, 2.05) is 0 Å². The fraction of sp³-hybridized carbons (Fsp3) is 0.125. The van der Waals surface area contributed by atoms with Crippen molar-refractivity contribution in [3.05, 3.63) is 18.3 Å². The first-order valence-electron chi connectivity index (χ1n) is 3.72. The number of carbonyl (C=O) groups is 1. The van der Waals surface area contributed by atoms with Crippen molar-refractivity contribution in [2.75, 3.05) is 11.1 Å². The maximum absolute atomic E-state index is 11.0. The molecule has 0 saturated carbocycles. The van der Waals surface area contributed by atoms with Crippen LogP contribution in [0.3, 0.4) is 0 Å². The summed E-state index contributed by atoms with van der Waals surface area (Å²) in [6.45, 7) is 3.58. The van der Waals surface area contributed by atoms with Gasteiger partial charge in [0.2, 0.25) is 5.91 Å². The fourth-order valence-corrected chi connectivity index (χ4v) is 1.72. The van der Waals surface area contributed by atoms with E-state index in [9.17, 15) is 4.79 Å². The summed E-state index contributed by atoms with van der Waals surface area (Å²) in [6.07, 6.45) is 1.60. The number of rotatable bonds is 1. The molecule has 1 N–H and O–H groups in total. The minimum atomic E-state index is 0.000474. The van der Waals surface area contributed by atoms with Crippen molar-refractivity contribution in [3.63, 3.8) is 0 Å². The van der Waals surface area contributed by atoms with Crippen molar-refractivity contribution in [2.24, 2.45) is 0 Å². The molecule has 0 radical (unpaired) electrons. The number of fused-ring (bicyclic) bond motifs is 1. The van der Waals surface area contributed by atoms with Gasteiger partial charge in [0, 0.05) is 0 Å². The lowest BCUT2D eigenvalue weighted by Crippen LogP contribution is -2.19. The Labute approximate surface area is 79.4 Å². The van der Waals surface area contributed by atoms with E-state index in [0.717, 1.165) is 10.7 Å². The van der Waals surface area contributed by atoms with E-state index in [1.54, 1.807) is 12.1 Å². The average molecular weight is 193 g/mol. The molecule has 1 amide bonds. The third kappa shape index (κ3) is 1.55. The van der Waals surface area contributed by atoms with Gasteiger partial charge in [-0.05, 0) is 12.1 Å². The molecule has 66 valence electrons. The second-order valence-electron chi connectivity index (χ2n) is 2.53. The van der Waals surface area contributed by atoms with Crippen LogP contribution in [-0.4, -0.2) is 21.9 Å². The van der Waals surface area contributed by atoms with Gasteiger partial charge in [-0.1, -0.05) is 18.3 Å². The molecular formula is C8H7N3OS. The number of amides is 1. The summed E-state index contributed by atoms with van der Waals surface area (Å²) < 4.78 is 0. The third-order valence-corrected chi connectivity index (χ3v) is 2.58. The van der Waals surface area contributed by atoms with Gasteiger partial charge in [0.05, 0.1) is 17.1 Å². The maximum atomic E-state index is 11.0. The van der Waals surface area contributed by atoms with Gasteiger partial charge in [0.25, 0.3) is 0 Å². The molecule has 1 aliphatic heterocycles. The third-order valence-electron chi connectivity index (χ3n) is 1.60. The lowest BCUT2D eigenvalue weighted by Gasteiger charge is -2.13. The summed E-state index contributed by atoms with van der Waals surface area (Å²) in [5, 5.41) is 11.3. The van der Waals surface area contributed by atoms with E-state index < -0.39 is 0 Å². The predicted octanol–water partition coefficient (Wildman–Crippen LogP) is 1.16. The number of aromatic nitrogens is 2. The van der Waals surface area contributed by atoms with Crippen molar-refractivity contribution in [1.82, 2.24) is 10.2 Å². The zero-order chi connectivity index (χ0) is 9.26. The number of thioether (sulfide) groups is 1. The van der Waals surface area contributed by atoms with Gasteiger partial charge in [0.1, 0.15) is 5.03 Å². The minimum Gasteiger partial charge on any atom is -0.323 e. The Bertz CT molecular complexity index is 378. The number of hydrogen-bond donors (Lipinski definition) is 1. The highest BCUT2D eigenvalue weighted by atomic mass is 32.2. The van der Waals surface area contributed by atoms with E-state index in [2.05, 4.69) is 22.1 Å². The Balaban J connectivity index is 2.43. The predicted molar refractivity (Wildman–Crippen MR) is 51.5 cm³/mol. The van der Waals surface area contributed by atoms with Crippen molar-refractivity contribution >= 4 is 29.4 Å². The molecule has 0 saturated heterocycles. The number of hydrogen-bond acceptors (Lipinski definition) is 4. The summed E-state index contributed by atoms with van der Waals surface area (Å²) in [5.41, 5.74) is 1.40. The number of carbonyl (C=O) groups excluding carboxylic acids is 1. The molecule has 1 aromatic heterocycles. The summed E-state index contributed by atoms with van der Waals surface area (Å²) in [6, 6.07) is 1.76. The largest absolute Gasteiger partial charge is 0.323 e. The van der Waals surface area contributed by atoms with Crippen LogP contribution in [0.5, 0.6) is 0 Å². The molecule has 0 aliphatic carbocycles. The summed E-state index contributed by atoms with van der Waals surface area (Å²) in [4.78, 5) is 11.0. The Morgan fingerprint density at radius 3 is 3.23 bits per heavy atom. The van der Waals surface area contributed by atoms with Gasteiger partial charge in [0.15, 0.2) is 0 Å². The molecule has 5 heteroatoms. The number of nitrogens with zero attached hydrogens (tertiary/aromatic N) is 2. The van der Waals surface area contributed by atoms with Crippen LogP contribution in [-0.2, 0) is 4.79 Å². The molecule has 0 unspecified atom stereocenters. The quantitative estimate of drug-likeness (QED) is 0.727. The average Bonchev–Trinajstić information content (AvgIpc) is 2.16.